The molecule has 0 aliphatic carbocycles. The number of rotatable bonds is 5. The molecule has 12 heteroatoms. The van der Waals surface area contributed by atoms with E-state index < -0.39 is 34.7 Å². The number of aromatic nitrogens is 5. The Morgan fingerprint density at radius 1 is 1.24 bits per heavy atom. The van der Waals surface area contributed by atoms with Gasteiger partial charge in [0, 0.05) is 43.3 Å². The molecule has 184 valence electrons. The van der Waals surface area contributed by atoms with Crippen molar-refractivity contribution >= 4 is 5.82 Å². The van der Waals surface area contributed by atoms with Gasteiger partial charge in [-0.05, 0) is 33.8 Å². The Balaban J connectivity index is 1.75. The van der Waals surface area contributed by atoms with Crippen LogP contribution in [-0.4, -0.2) is 49.2 Å². The highest BCUT2D eigenvalue weighted by Gasteiger charge is 2.38. The van der Waals surface area contributed by atoms with E-state index in [0.717, 1.165) is 10.1 Å². The van der Waals surface area contributed by atoms with Crippen LogP contribution in [0.2, 0.25) is 0 Å². The van der Waals surface area contributed by atoms with E-state index in [4.69, 9.17) is 4.74 Å². The largest absolute Gasteiger partial charge is 0.419 e. The molecule has 0 amide bonds. The number of ether oxygens (including phenoxy) is 1. The molecule has 0 atom stereocenters. The molecule has 0 spiro atoms. The lowest BCUT2D eigenvalue weighted by atomic mass is 10.1. The Hall–Kier alpha value is -3.15. The Labute approximate surface area is 193 Å². The van der Waals surface area contributed by atoms with Crippen molar-refractivity contribution in [1.29, 1.82) is 0 Å². The van der Waals surface area contributed by atoms with Gasteiger partial charge in [0.1, 0.15) is 5.82 Å². The SMILES string of the molecule is CC(C)n1cc(Cn2ccn(-c3nc(N4CCOC(C)(C)C4)cc(C(F)(F)F)c3F)c2=O)cn1. The molecule has 34 heavy (non-hydrogen) atoms. The van der Waals surface area contributed by atoms with E-state index in [1.54, 1.807) is 35.8 Å². The minimum Gasteiger partial charge on any atom is -0.372 e. The fourth-order valence-corrected chi connectivity index (χ4v) is 3.88. The van der Waals surface area contributed by atoms with Gasteiger partial charge in [0.2, 0.25) is 0 Å². The first-order valence-electron chi connectivity index (χ1n) is 10.8. The summed E-state index contributed by atoms with van der Waals surface area (Å²) in [6.45, 7) is 8.48. The third-order valence-corrected chi connectivity index (χ3v) is 5.59. The summed E-state index contributed by atoms with van der Waals surface area (Å²) in [5.41, 5.74) is -2.08. The van der Waals surface area contributed by atoms with Crippen LogP contribution in [0.1, 0.15) is 44.9 Å². The number of hydrogen-bond donors (Lipinski definition) is 0. The first kappa shape index (κ1) is 24.0. The van der Waals surface area contributed by atoms with Gasteiger partial charge < -0.3 is 9.64 Å². The summed E-state index contributed by atoms with van der Waals surface area (Å²) < 4.78 is 65.5. The molecule has 3 aromatic heterocycles. The summed E-state index contributed by atoms with van der Waals surface area (Å²) in [4.78, 5) is 18.7. The van der Waals surface area contributed by atoms with Gasteiger partial charge in [0.25, 0.3) is 0 Å². The Kier molecular flexibility index (Phi) is 6.05. The van der Waals surface area contributed by atoms with Crippen LogP contribution in [-0.2, 0) is 17.5 Å². The van der Waals surface area contributed by atoms with Crippen molar-refractivity contribution in [2.24, 2.45) is 0 Å². The summed E-state index contributed by atoms with van der Waals surface area (Å²) in [5.74, 6) is -2.37. The second-order valence-corrected chi connectivity index (χ2v) is 9.19. The molecule has 4 rings (SSSR count). The van der Waals surface area contributed by atoms with Gasteiger partial charge in [-0.2, -0.15) is 18.3 Å². The molecule has 3 aromatic rings. The van der Waals surface area contributed by atoms with Crippen molar-refractivity contribution in [2.75, 3.05) is 24.6 Å². The quantitative estimate of drug-likeness (QED) is 0.520. The van der Waals surface area contributed by atoms with E-state index in [9.17, 15) is 18.0 Å². The number of anilines is 1. The van der Waals surface area contributed by atoms with Crippen LogP contribution in [0, 0.1) is 5.82 Å². The van der Waals surface area contributed by atoms with Crippen LogP contribution in [0.4, 0.5) is 23.4 Å². The number of hydrogen-bond acceptors (Lipinski definition) is 5. The van der Waals surface area contributed by atoms with Gasteiger partial charge in [-0.1, -0.05) is 0 Å². The molecule has 0 N–H and O–H groups in total. The molecule has 1 fully saturated rings. The number of pyridine rings is 1. The van der Waals surface area contributed by atoms with Gasteiger partial charge in [-0.15, -0.1) is 0 Å². The standard InChI is InChI=1S/C22H26F4N6O2/c1-14(2)32-12-15(10-27-32)11-29-5-6-31(20(29)33)19-18(23)16(22(24,25)26)9-17(28-19)30-7-8-34-21(3,4)13-30/h5-6,9-10,12,14H,7-8,11,13H2,1-4H3. The number of halogens is 4. The molecule has 0 unspecified atom stereocenters. The molecule has 0 radical (unpaired) electrons. The minimum absolute atomic E-state index is 0.0713. The maximum absolute atomic E-state index is 15.1. The summed E-state index contributed by atoms with van der Waals surface area (Å²) in [5, 5.41) is 4.22. The second-order valence-electron chi connectivity index (χ2n) is 9.19. The number of nitrogens with zero attached hydrogens (tertiary/aromatic N) is 6. The van der Waals surface area contributed by atoms with E-state index in [1.807, 2.05) is 13.8 Å². The highest BCUT2D eigenvalue weighted by molar-refractivity contribution is 5.49. The van der Waals surface area contributed by atoms with Crippen LogP contribution < -0.4 is 10.6 Å². The van der Waals surface area contributed by atoms with E-state index in [1.165, 1.54) is 17.0 Å². The number of morpholine rings is 1. The van der Waals surface area contributed by atoms with Crippen molar-refractivity contribution in [1.82, 2.24) is 23.9 Å². The van der Waals surface area contributed by atoms with E-state index >= 15 is 4.39 Å². The maximum atomic E-state index is 15.1. The Morgan fingerprint density at radius 3 is 2.59 bits per heavy atom. The summed E-state index contributed by atoms with van der Waals surface area (Å²) in [7, 11) is 0. The smallest absolute Gasteiger partial charge is 0.372 e. The topological polar surface area (TPSA) is 70.1 Å². The number of alkyl halides is 3. The molecule has 1 saturated heterocycles. The third kappa shape index (κ3) is 4.72. The third-order valence-electron chi connectivity index (χ3n) is 5.59. The average Bonchev–Trinajstić information content (AvgIpc) is 3.34. The van der Waals surface area contributed by atoms with E-state index in [0.29, 0.717) is 6.07 Å². The van der Waals surface area contributed by atoms with Crippen LogP contribution in [0.15, 0.2) is 35.6 Å². The average molecular weight is 482 g/mol. The van der Waals surface area contributed by atoms with Crippen molar-refractivity contribution in [3.8, 4) is 5.82 Å². The molecule has 0 aromatic carbocycles. The summed E-state index contributed by atoms with van der Waals surface area (Å²) in [6.07, 6.45) is 1.01. The van der Waals surface area contributed by atoms with Gasteiger partial charge >= 0.3 is 11.9 Å². The fraction of sp³-hybridized carbons (Fsp3) is 0.500. The zero-order valence-electron chi connectivity index (χ0n) is 19.3. The first-order chi connectivity index (χ1) is 15.9. The minimum atomic E-state index is -4.96. The molecule has 8 nitrogen and oxygen atoms in total. The number of imidazole rings is 1. The van der Waals surface area contributed by atoms with Gasteiger partial charge in [0.05, 0.1) is 30.5 Å². The molecule has 0 bridgehead atoms. The molecular weight excluding hydrogens is 456 g/mol. The van der Waals surface area contributed by atoms with Crippen LogP contribution >= 0.6 is 0 Å². The zero-order chi connectivity index (χ0) is 24.8. The normalized spacial score (nSPS) is 16.4. The fourth-order valence-electron chi connectivity index (χ4n) is 3.88. The predicted octanol–water partition coefficient (Wildman–Crippen LogP) is 3.63. The second kappa shape index (κ2) is 8.57. The molecule has 1 aliphatic rings. The van der Waals surface area contributed by atoms with Crippen molar-refractivity contribution < 1.29 is 22.3 Å². The summed E-state index contributed by atoms with van der Waals surface area (Å²) >= 11 is 0. The lowest BCUT2D eigenvalue weighted by molar-refractivity contribution is -0.140. The summed E-state index contributed by atoms with van der Waals surface area (Å²) in [6, 6.07) is 0.810. The van der Waals surface area contributed by atoms with E-state index in [-0.39, 0.29) is 38.1 Å². The predicted molar refractivity (Wildman–Crippen MR) is 117 cm³/mol. The van der Waals surface area contributed by atoms with E-state index in [2.05, 4.69) is 10.1 Å². The van der Waals surface area contributed by atoms with Gasteiger partial charge in [0.15, 0.2) is 11.6 Å². The maximum Gasteiger partial charge on any atom is 0.419 e. The van der Waals surface area contributed by atoms with Crippen molar-refractivity contribution in [2.45, 2.75) is 52.1 Å². The van der Waals surface area contributed by atoms with Gasteiger partial charge in [-0.25, -0.2) is 18.7 Å². The van der Waals surface area contributed by atoms with Crippen molar-refractivity contribution in [3.05, 3.63) is 58.3 Å². The molecular formula is C22H26F4N6O2. The Bertz CT molecular complexity index is 1240. The van der Waals surface area contributed by atoms with Crippen molar-refractivity contribution in [3.63, 3.8) is 0 Å². The lowest BCUT2D eigenvalue weighted by Gasteiger charge is -2.39. The highest BCUT2D eigenvalue weighted by atomic mass is 19.4. The zero-order valence-corrected chi connectivity index (χ0v) is 19.3. The molecule has 4 heterocycles. The lowest BCUT2D eigenvalue weighted by Crippen LogP contribution is -2.48. The monoisotopic (exact) mass is 482 g/mol. The molecule has 0 saturated carbocycles. The molecule has 1 aliphatic heterocycles. The van der Waals surface area contributed by atoms with Crippen LogP contribution in [0.3, 0.4) is 0 Å². The Morgan fingerprint density at radius 2 is 1.97 bits per heavy atom. The highest BCUT2D eigenvalue weighted by Crippen LogP contribution is 2.36. The van der Waals surface area contributed by atoms with Gasteiger partial charge in [-0.3, -0.25) is 9.25 Å². The first-order valence-corrected chi connectivity index (χ1v) is 10.8. The van der Waals surface area contributed by atoms with Crippen LogP contribution in [0.25, 0.3) is 5.82 Å². The van der Waals surface area contributed by atoms with Crippen LogP contribution in [0.5, 0.6) is 0 Å².